The number of aliphatic hydroxyl groups is 3. The first-order chi connectivity index (χ1) is 9.93. The molecule has 0 amide bonds. The van der Waals surface area contributed by atoms with Crippen LogP contribution < -0.4 is 15.4 Å². The average molecular weight is 297 g/mol. The van der Waals surface area contributed by atoms with Crippen LogP contribution in [0.25, 0.3) is 11.2 Å². The largest absolute Gasteiger partial charge is 0.856 e. The molecule has 10 heteroatoms. The number of imidazole rings is 1. The smallest absolute Gasteiger partial charge is 0.309 e. The third-order valence-electron chi connectivity index (χ3n) is 3.54. The van der Waals surface area contributed by atoms with E-state index in [2.05, 4.69) is 9.97 Å². The highest BCUT2D eigenvalue weighted by atomic mass is 16.6. The van der Waals surface area contributed by atoms with Crippen LogP contribution in [0, 0.1) is 0 Å². The molecule has 4 atom stereocenters. The van der Waals surface area contributed by atoms with Crippen molar-refractivity contribution in [3.05, 3.63) is 6.33 Å². The van der Waals surface area contributed by atoms with E-state index in [9.17, 15) is 15.3 Å². The SMILES string of the molecule is Cn1c[n+](C2OC(CO)C(O)C2O)c2nc(N)nc([O-])c21. The predicted molar refractivity (Wildman–Crippen MR) is 65.6 cm³/mol. The Labute approximate surface area is 118 Å². The van der Waals surface area contributed by atoms with Gasteiger partial charge < -0.3 is 30.9 Å². The van der Waals surface area contributed by atoms with Crippen LogP contribution in [0.1, 0.15) is 6.23 Å². The summed E-state index contributed by atoms with van der Waals surface area (Å²) in [7, 11) is 1.61. The minimum atomic E-state index is -1.27. The van der Waals surface area contributed by atoms with Gasteiger partial charge in [0.1, 0.15) is 18.3 Å². The third-order valence-corrected chi connectivity index (χ3v) is 3.54. The number of aryl methyl sites for hydroxylation is 1. The monoisotopic (exact) mass is 297 g/mol. The lowest BCUT2D eigenvalue weighted by atomic mass is 10.1. The first-order valence-corrected chi connectivity index (χ1v) is 6.27. The van der Waals surface area contributed by atoms with Crippen molar-refractivity contribution in [1.82, 2.24) is 14.5 Å². The maximum atomic E-state index is 11.9. The summed E-state index contributed by atoms with van der Waals surface area (Å²) in [4.78, 5) is 7.54. The zero-order chi connectivity index (χ0) is 15.3. The van der Waals surface area contributed by atoms with Gasteiger partial charge in [-0.05, 0) is 0 Å². The van der Waals surface area contributed by atoms with Crippen LogP contribution in [-0.2, 0) is 11.8 Å². The van der Waals surface area contributed by atoms with E-state index < -0.39 is 37.0 Å². The topological polar surface area (TPSA) is 154 Å². The number of hydrogen-bond donors (Lipinski definition) is 4. The number of aromatic nitrogens is 4. The molecule has 1 saturated heterocycles. The number of nitrogens with two attached hydrogens (primary N) is 1. The molecule has 2 aromatic heterocycles. The fraction of sp³-hybridized carbons (Fsp3) is 0.545. The van der Waals surface area contributed by atoms with Gasteiger partial charge in [-0.3, -0.25) is 4.57 Å². The third kappa shape index (κ3) is 2.00. The molecule has 0 aromatic carbocycles. The zero-order valence-corrected chi connectivity index (χ0v) is 11.1. The van der Waals surface area contributed by atoms with Gasteiger partial charge in [-0.1, -0.05) is 4.98 Å². The van der Waals surface area contributed by atoms with Crippen LogP contribution in [0.3, 0.4) is 0 Å². The average Bonchev–Trinajstić information content (AvgIpc) is 2.89. The number of aliphatic hydroxyl groups excluding tert-OH is 3. The summed E-state index contributed by atoms with van der Waals surface area (Å²) in [5, 5.41) is 40.8. The summed E-state index contributed by atoms with van der Waals surface area (Å²) in [5.41, 5.74) is 5.86. The van der Waals surface area contributed by atoms with Gasteiger partial charge in [-0.2, -0.15) is 0 Å². The number of nitrogens with zero attached hydrogens (tertiary/aromatic N) is 4. The Kier molecular flexibility index (Phi) is 3.17. The fourth-order valence-electron chi connectivity index (χ4n) is 2.52. The molecule has 1 aliphatic rings. The van der Waals surface area contributed by atoms with Gasteiger partial charge in [0.2, 0.25) is 6.23 Å². The van der Waals surface area contributed by atoms with Gasteiger partial charge in [0.15, 0.2) is 11.8 Å². The Bertz CT molecular complexity index is 689. The second kappa shape index (κ2) is 4.77. The van der Waals surface area contributed by atoms with E-state index in [1.807, 2.05) is 0 Å². The van der Waals surface area contributed by atoms with E-state index in [1.54, 1.807) is 7.05 Å². The van der Waals surface area contributed by atoms with Crippen molar-refractivity contribution in [3.63, 3.8) is 0 Å². The Morgan fingerprint density at radius 2 is 2.14 bits per heavy atom. The lowest BCUT2D eigenvalue weighted by molar-refractivity contribution is -0.745. The van der Waals surface area contributed by atoms with Gasteiger partial charge in [-0.15, -0.1) is 0 Å². The molecule has 0 aliphatic carbocycles. The molecule has 0 spiro atoms. The van der Waals surface area contributed by atoms with Gasteiger partial charge in [-0.25, -0.2) is 9.55 Å². The van der Waals surface area contributed by atoms with Crippen molar-refractivity contribution < 1.29 is 29.7 Å². The molecule has 10 nitrogen and oxygen atoms in total. The summed E-state index contributed by atoms with van der Waals surface area (Å²) in [5.74, 6) is -0.746. The molecule has 1 fully saturated rings. The van der Waals surface area contributed by atoms with E-state index in [-0.39, 0.29) is 17.1 Å². The van der Waals surface area contributed by atoms with Gasteiger partial charge in [0.05, 0.1) is 13.7 Å². The van der Waals surface area contributed by atoms with Gasteiger partial charge in [0, 0.05) is 5.88 Å². The highest BCUT2D eigenvalue weighted by Gasteiger charge is 2.46. The van der Waals surface area contributed by atoms with Gasteiger partial charge >= 0.3 is 5.65 Å². The molecule has 3 heterocycles. The lowest BCUT2D eigenvalue weighted by Gasteiger charge is -2.12. The molecule has 1 aliphatic heterocycles. The van der Waals surface area contributed by atoms with E-state index in [0.717, 1.165) is 0 Å². The van der Waals surface area contributed by atoms with Crippen LogP contribution in [0.2, 0.25) is 0 Å². The quantitative estimate of drug-likeness (QED) is 0.417. The minimum absolute atomic E-state index is 0.185. The number of nitrogen functional groups attached to an aromatic ring is 1. The normalized spacial score (nSPS) is 29.3. The summed E-state index contributed by atoms with van der Waals surface area (Å²) in [6.07, 6.45) is -2.94. The van der Waals surface area contributed by atoms with E-state index in [0.29, 0.717) is 0 Å². The van der Waals surface area contributed by atoms with E-state index in [1.165, 1.54) is 15.5 Å². The summed E-state index contributed by atoms with van der Waals surface area (Å²) in [6.45, 7) is -0.440. The highest BCUT2D eigenvalue weighted by molar-refractivity contribution is 5.73. The van der Waals surface area contributed by atoms with E-state index >= 15 is 0 Å². The Hall–Kier alpha value is -2.01. The van der Waals surface area contributed by atoms with Crippen LogP contribution in [-0.4, -0.2) is 54.8 Å². The molecular formula is C11H15N5O5. The molecule has 5 N–H and O–H groups in total. The molecule has 21 heavy (non-hydrogen) atoms. The standard InChI is InChI=1S/C11H15N5O5/c1-15-3-16(8-5(15)9(20)14-11(12)13-8)10-7(19)6(18)4(2-17)21-10/h3-4,6-7,10,17-19H,2H2,1H3,(H2-,12,13,14,20). The zero-order valence-electron chi connectivity index (χ0n) is 11.1. The molecule has 0 radical (unpaired) electrons. The van der Waals surface area contributed by atoms with Gasteiger partial charge in [0.25, 0.3) is 5.95 Å². The van der Waals surface area contributed by atoms with Crippen molar-refractivity contribution in [2.75, 3.05) is 12.3 Å². The maximum Gasteiger partial charge on any atom is 0.309 e. The number of rotatable bonds is 2. The molecule has 4 unspecified atom stereocenters. The van der Waals surface area contributed by atoms with Crippen LogP contribution in [0.4, 0.5) is 5.95 Å². The Morgan fingerprint density at radius 1 is 1.43 bits per heavy atom. The second-order valence-corrected chi connectivity index (χ2v) is 4.92. The van der Waals surface area contributed by atoms with Crippen molar-refractivity contribution in [2.24, 2.45) is 7.05 Å². The predicted octanol–water partition coefficient (Wildman–Crippen LogP) is -3.48. The van der Waals surface area contributed by atoms with Crippen molar-refractivity contribution in [3.8, 4) is 5.88 Å². The number of hydrogen-bond acceptors (Lipinski definition) is 8. The molecule has 2 aromatic rings. The summed E-state index contributed by atoms with van der Waals surface area (Å²) >= 11 is 0. The summed E-state index contributed by atoms with van der Waals surface area (Å²) in [6, 6.07) is 0. The highest BCUT2D eigenvalue weighted by Crippen LogP contribution is 2.27. The van der Waals surface area contributed by atoms with Crippen molar-refractivity contribution in [2.45, 2.75) is 24.5 Å². The molecule has 0 saturated carbocycles. The van der Waals surface area contributed by atoms with Crippen LogP contribution in [0.15, 0.2) is 6.33 Å². The minimum Gasteiger partial charge on any atom is -0.856 e. The first-order valence-electron chi connectivity index (χ1n) is 6.27. The molecule has 3 rings (SSSR count). The summed E-state index contributed by atoms with van der Waals surface area (Å²) < 4.78 is 8.28. The number of anilines is 1. The van der Waals surface area contributed by atoms with E-state index in [4.69, 9.17) is 15.6 Å². The lowest BCUT2D eigenvalue weighted by Crippen LogP contribution is -2.46. The Morgan fingerprint density at radius 3 is 2.76 bits per heavy atom. The molecular weight excluding hydrogens is 282 g/mol. The number of fused-ring (bicyclic) bond motifs is 1. The fourth-order valence-corrected chi connectivity index (χ4v) is 2.52. The first kappa shape index (κ1) is 13.9. The van der Waals surface area contributed by atoms with Crippen LogP contribution >= 0.6 is 0 Å². The molecule has 0 bridgehead atoms. The number of ether oxygens (including phenoxy) is 1. The molecule has 114 valence electrons. The Balaban J connectivity index is 2.13. The maximum absolute atomic E-state index is 11.9. The van der Waals surface area contributed by atoms with Crippen molar-refractivity contribution >= 4 is 17.1 Å². The van der Waals surface area contributed by atoms with Crippen molar-refractivity contribution in [1.29, 1.82) is 0 Å². The second-order valence-electron chi connectivity index (χ2n) is 4.92. The van der Waals surface area contributed by atoms with Crippen LogP contribution in [0.5, 0.6) is 5.88 Å².